The van der Waals surface area contributed by atoms with Gasteiger partial charge in [0.1, 0.15) is 13.2 Å². The first-order valence-corrected chi connectivity index (χ1v) is 43.3. The van der Waals surface area contributed by atoms with Gasteiger partial charge >= 0.3 is 17.9 Å². The van der Waals surface area contributed by atoms with Gasteiger partial charge in [0, 0.05) is 12.8 Å². The van der Waals surface area contributed by atoms with E-state index in [4.69, 9.17) is 18.9 Å². The summed E-state index contributed by atoms with van der Waals surface area (Å²) in [5.74, 6) is -1.99. The number of likely N-dealkylation sites (N-methyl/N-ethyl adjacent to an activating group) is 1. The van der Waals surface area contributed by atoms with Crippen LogP contribution in [0, 0.1) is 0 Å². The molecule has 0 aliphatic carbocycles. The summed E-state index contributed by atoms with van der Waals surface area (Å²) in [5, 5.41) is 9.79. The van der Waals surface area contributed by atoms with Gasteiger partial charge in [0.15, 0.2) is 6.10 Å². The van der Waals surface area contributed by atoms with Gasteiger partial charge in [0.25, 0.3) is 6.29 Å². The highest BCUT2D eigenvalue weighted by Gasteiger charge is 2.25. The Balaban J connectivity index is 3.99. The molecule has 0 rings (SSSR count). The van der Waals surface area contributed by atoms with E-state index in [1.807, 2.05) is 21.1 Å². The number of hydrogen-bond donors (Lipinski definition) is 1. The van der Waals surface area contributed by atoms with Crippen LogP contribution in [0.25, 0.3) is 0 Å². The van der Waals surface area contributed by atoms with E-state index >= 15 is 0 Å². The van der Waals surface area contributed by atoms with Crippen molar-refractivity contribution in [3.05, 3.63) is 134 Å². The Morgan fingerprint density at radius 2 is 0.553 bits per heavy atom. The predicted octanol–water partition coefficient (Wildman–Crippen LogP) is 28.4. The normalized spacial score (nSPS) is 13.3. The fourth-order valence-corrected chi connectivity index (χ4v) is 12.3. The maximum absolute atomic E-state index is 13.0. The largest absolute Gasteiger partial charge is 0.477 e. The number of quaternary nitrogens is 1. The number of carboxylic acid groups (broad SMARTS) is 1. The number of allylic oxidation sites excluding steroid dienone is 22. The van der Waals surface area contributed by atoms with Crippen molar-refractivity contribution in [2.75, 3.05) is 47.5 Å². The summed E-state index contributed by atoms with van der Waals surface area (Å²) in [7, 11) is 5.99. The lowest BCUT2D eigenvalue weighted by Gasteiger charge is -2.25. The summed E-state index contributed by atoms with van der Waals surface area (Å²) >= 11 is 0. The van der Waals surface area contributed by atoms with E-state index in [0.29, 0.717) is 17.4 Å². The molecule has 0 bridgehead atoms. The molecule has 0 radical (unpaired) electrons. The monoisotopic (exact) mass is 1440 g/mol. The lowest BCUT2D eigenvalue weighted by Crippen LogP contribution is -2.40. The number of rotatable bonds is 80. The standard InChI is InChI=1S/C94H163NO8/c1-6-8-10-12-14-16-18-20-22-24-26-28-30-32-34-36-38-40-42-44-46-48-50-52-54-56-58-60-62-64-66-68-70-72-74-76-78-80-82-84-91(96)101-88-90(89-102-94(93(98)99)100-87-86-95(3,4)5)103-92(97)85-83-81-79-77-75-73-71-69-67-65-63-61-59-57-55-53-51-49-47-45-43-41-39-37-35-33-31-29-27-25-23-21-19-17-15-13-11-9-7-2/h9,11,15,17-18,20-21,23-24,26-27,29-30,32-33,35,39,41,45,47,51,53,90,94H,6-8,10,12-14,16,19,22,25,28,31,34,36-38,40,42-44,46,48-50,52,54-89H2,1-5H3/p+1/b11-9-,17-15-,20-18-,23-21-,26-24-,29-27-,32-30-,35-33-,41-39-,47-45-,53-51-. The summed E-state index contributed by atoms with van der Waals surface area (Å²) in [6, 6.07) is 0. The van der Waals surface area contributed by atoms with Crippen LogP contribution < -0.4 is 0 Å². The average molecular weight is 1440 g/mol. The van der Waals surface area contributed by atoms with Gasteiger partial charge in [-0.2, -0.15) is 0 Å². The molecule has 103 heavy (non-hydrogen) atoms. The minimum Gasteiger partial charge on any atom is -0.477 e. The van der Waals surface area contributed by atoms with Gasteiger partial charge in [-0.3, -0.25) is 9.59 Å². The lowest BCUT2D eigenvalue weighted by atomic mass is 10.0. The molecule has 0 aliphatic heterocycles. The number of hydrogen-bond acceptors (Lipinski definition) is 7. The van der Waals surface area contributed by atoms with E-state index in [1.54, 1.807) is 0 Å². The fourth-order valence-electron chi connectivity index (χ4n) is 12.3. The van der Waals surface area contributed by atoms with Gasteiger partial charge in [-0.1, -0.05) is 392 Å². The third-order valence-corrected chi connectivity index (χ3v) is 18.9. The molecule has 0 aromatic carbocycles. The van der Waals surface area contributed by atoms with Gasteiger partial charge < -0.3 is 28.5 Å². The van der Waals surface area contributed by atoms with Crippen molar-refractivity contribution in [3.63, 3.8) is 0 Å². The van der Waals surface area contributed by atoms with E-state index < -0.39 is 24.3 Å². The minimum absolute atomic E-state index is 0.183. The highest BCUT2D eigenvalue weighted by Crippen LogP contribution is 2.19. The van der Waals surface area contributed by atoms with Gasteiger partial charge in [-0.05, 0) is 116 Å². The van der Waals surface area contributed by atoms with Crippen molar-refractivity contribution in [1.29, 1.82) is 0 Å². The van der Waals surface area contributed by atoms with E-state index in [-0.39, 0.29) is 32.2 Å². The molecule has 2 atom stereocenters. The molecule has 592 valence electrons. The molecule has 0 aromatic heterocycles. The summed E-state index contributed by atoms with van der Waals surface area (Å²) in [5.41, 5.74) is 0. The molecule has 1 N–H and O–H groups in total. The van der Waals surface area contributed by atoms with Crippen LogP contribution in [0.5, 0.6) is 0 Å². The Kier molecular flexibility index (Phi) is 79.4. The third-order valence-electron chi connectivity index (χ3n) is 18.9. The summed E-state index contributed by atoms with van der Waals surface area (Å²) in [6.07, 6.45) is 118. The van der Waals surface area contributed by atoms with E-state index in [1.165, 1.54) is 257 Å². The predicted molar refractivity (Wildman–Crippen MR) is 447 cm³/mol. The Hall–Kier alpha value is -4.57. The molecule has 0 fully saturated rings. The molecular weight excluding hydrogens is 1270 g/mol. The summed E-state index contributed by atoms with van der Waals surface area (Å²) in [6.45, 7) is 4.79. The van der Waals surface area contributed by atoms with Gasteiger partial charge in [-0.25, -0.2) is 4.79 Å². The zero-order chi connectivity index (χ0) is 74.6. The Morgan fingerprint density at radius 1 is 0.301 bits per heavy atom. The zero-order valence-electron chi connectivity index (χ0n) is 67.9. The lowest BCUT2D eigenvalue weighted by molar-refractivity contribution is -0.870. The molecule has 0 saturated carbocycles. The maximum atomic E-state index is 13.0. The summed E-state index contributed by atoms with van der Waals surface area (Å²) in [4.78, 5) is 37.8. The molecule has 0 spiro atoms. The Bertz CT molecular complexity index is 2170. The number of unbranched alkanes of at least 4 members (excludes halogenated alkanes) is 43. The van der Waals surface area contributed by atoms with Crippen LogP contribution in [0.1, 0.15) is 386 Å². The SMILES string of the molecule is CC/C=C\C/C=C\C/C=C\C/C=C\C/C=C\C/C=C\C/C=C\C/C=C\CCCCCCCCCCCCCCCCC(=O)OC(COC(=O)CCCCCCCCCCCCCCCCCCCCCCCCCC/C=C\C/C=C\C/C=C\CCCCCCC)COC(OCC[N+](C)(C)C)C(=O)O. The first-order chi connectivity index (χ1) is 50.6. The molecule has 0 aromatic rings. The Labute approximate surface area is 637 Å². The van der Waals surface area contributed by atoms with Crippen LogP contribution in [0.15, 0.2) is 134 Å². The minimum atomic E-state index is -1.52. The fraction of sp³-hybridized carbons (Fsp3) is 0.734. The van der Waals surface area contributed by atoms with Crippen molar-refractivity contribution in [3.8, 4) is 0 Å². The van der Waals surface area contributed by atoms with Crippen molar-refractivity contribution in [2.24, 2.45) is 0 Å². The molecule has 2 unspecified atom stereocenters. The van der Waals surface area contributed by atoms with E-state index in [0.717, 1.165) is 103 Å². The second-order valence-electron chi connectivity index (χ2n) is 30.1. The molecule has 9 nitrogen and oxygen atoms in total. The van der Waals surface area contributed by atoms with Gasteiger partial charge in [-0.15, -0.1) is 0 Å². The molecular formula is C94H164NO8+. The van der Waals surface area contributed by atoms with Crippen LogP contribution >= 0.6 is 0 Å². The third kappa shape index (κ3) is 84.6. The number of esters is 2. The van der Waals surface area contributed by atoms with Gasteiger partial charge in [0.2, 0.25) is 0 Å². The van der Waals surface area contributed by atoms with Gasteiger partial charge in [0.05, 0.1) is 34.4 Å². The maximum Gasteiger partial charge on any atom is 0.361 e. The number of ether oxygens (including phenoxy) is 4. The van der Waals surface area contributed by atoms with Crippen LogP contribution in [0.4, 0.5) is 0 Å². The van der Waals surface area contributed by atoms with E-state index in [9.17, 15) is 19.5 Å². The number of carboxylic acids is 1. The first kappa shape index (κ1) is 98.4. The van der Waals surface area contributed by atoms with Crippen LogP contribution in [0.3, 0.4) is 0 Å². The number of nitrogens with zero attached hydrogens (tertiary/aromatic N) is 1. The van der Waals surface area contributed by atoms with Crippen LogP contribution in [-0.4, -0.2) is 87.4 Å². The quantitative estimate of drug-likeness (QED) is 0.0211. The zero-order valence-corrected chi connectivity index (χ0v) is 67.9. The highest BCUT2D eigenvalue weighted by atomic mass is 16.7. The average Bonchev–Trinajstić information content (AvgIpc) is 0.985. The van der Waals surface area contributed by atoms with Crippen LogP contribution in [0.2, 0.25) is 0 Å². The summed E-state index contributed by atoms with van der Waals surface area (Å²) < 4.78 is 23.1. The topological polar surface area (TPSA) is 108 Å². The number of carbonyl (C=O) groups is 3. The molecule has 0 heterocycles. The molecule has 0 saturated heterocycles. The second-order valence-corrected chi connectivity index (χ2v) is 30.1. The van der Waals surface area contributed by atoms with Crippen molar-refractivity contribution in [1.82, 2.24) is 0 Å². The highest BCUT2D eigenvalue weighted by molar-refractivity contribution is 5.71. The second kappa shape index (κ2) is 83.1. The van der Waals surface area contributed by atoms with Crippen molar-refractivity contribution < 1.29 is 42.9 Å². The van der Waals surface area contributed by atoms with Crippen LogP contribution in [-0.2, 0) is 33.3 Å². The number of aliphatic carboxylic acids is 1. The molecule has 9 heteroatoms. The Morgan fingerprint density at radius 3 is 0.825 bits per heavy atom. The number of carbonyl (C=O) groups excluding carboxylic acids is 2. The smallest absolute Gasteiger partial charge is 0.361 e. The molecule has 0 amide bonds. The van der Waals surface area contributed by atoms with Crippen molar-refractivity contribution >= 4 is 17.9 Å². The van der Waals surface area contributed by atoms with E-state index in [2.05, 4.69) is 148 Å². The van der Waals surface area contributed by atoms with Crippen molar-refractivity contribution in [2.45, 2.75) is 399 Å². The molecule has 0 aliphatic rings. The first-order valence-electron chi connectivity index (χ1n) is 43.3.